The third kappa shape index (κ3) is 2.04. The van der Waals surface area contributed by atoms with E-state index in [1.165, 1.54) is 17.5 Å². The zero-order valence-corrected chi connectivity index (χ0v) is 16.2. The van der Waals surface area contributed by atoms with E-state index in [0.717, 1.165) is 19.3 Å². The molecule has 6 fully saturated rings. The molecule has 0 spiro atoms. The Kier molecular flexibility index (Phi) is 3.15. The summed E-state index contributed by atoms with van der Waals surface area (Å²) in [5.74, 6) is 2.16. The number of carbonyl (C=O) groups excluding carboxylic acids is 3. The lowest BCUT2D eigenvalue weighted by molar-refractivity contribution is -0.154. The fourth-order valence-electron chi connectivity index (χ4n) is 8.38. The van der Waals surface area contributed by atoms with E-state index in [1.807, 2.05) is 0 Å². The monoisotopic (exact) mass is 392 g/mol. The summed E-state index contributed by atoms with van der Waals surface area (Å²) in [7, 11) is 0. The van der Waals surface area contributed by atoms with Crippen LogP contribution in [-0.2, 0) is 23.9 Å². The topological polar surface area (TPSA) is 69.7 Å². The minimum atomic E-state index is -0.293. The molecule has 1 aromatic rings. The fourth-order valence-corrected chi connectivity index (χ4v) is 8.38. The van der Waals surface area contributed by atoms with Crippen molar-refractivity contribution in [3.8, 4) is 0 Å². The lowest BCUT2D eigenvalue weighted by Gasteiger charge is -2.30. The molecule has 0 radical (unpaired) electrons. The van der Waals surface area contributed by atoms with Crippen molar-refractivity contribution in [2.75, 3.05) is 6.61 Å². The van der Waals surface area contributed by atoms with Gasteiger partial charge in [-0.25, -0.2) is 0 Å². The molecule has 6 aliphatic rings. The van der Waals surface area contributed by atoms with Crippen molar-refractivity contribution in [2.45, 2.75) is 37.5 Å². The number of benzene rings is 1. The Balaban J connectivity index is 1.12. The second-order valence-electron chi connectivity index (χ2n) is 10.3. The SMILES string of the molecule is O=C1OCC2C3CC(CC3c3ccc(C4CC5CC4C4C(=O)OC(=O)C54)cc3)C12. The molecule has 5 heteroatoms. The maximum Gasteiger partial charge on any atom is 0.317 e. The summed E-state index contributed by atoms with van der Waals surface area (Å²) in [5.41, 5.74) is 2.68. The number of ether oxygens (including phenoxy) is 2. The lowest BCUT2D eigenvalue weighted by atomic mass is 9.71. The molecule has 2 heterocycles. The second-order valence-corrected chi connectivity index (χ2v) is 10.3. The summed E-state index contributed by atoms with van der Waals surface area (Å²) >= 11 is 0. The maximum absolute atomic E-state index is 12.2. The van der Waals surface area contributed by atoms with Gasteiger partial charge in [-0.3, -0.25) is 14.4 Å². The Bertz CT molecular complexity index is 935. The zero-order valence-electron chi connectivity index (χ0n) is 16.2. The summed E-state index contributed by atoms with van der Waals surface area (Å²) in [6.07, 6.45) is 4.24. The molecular formula is C24H24O5. The van der Waals surface area contributed by atoms with Gasteiger partial charge in [-0.05, 0) is 72.3 Å². The Hall–Kier alpha value is -2.17. The van der Waals surface area contributed by atoms with Crippen LogP contribution in [0.3, 0.4) is 0 Å². The van der Waals surface area contributed by atoms with E-state index in [4.69, 9.17) is 9.47 Å². The first kappa shape index (κ1) is 16.6. The Morgan fingerprint density at radius 1 is 0.621 bits per heavy atom. The van der Waals surface area contributed by atoms with Gasteiger partial charge in [0.15, 0.2) is 0 Å². The molecule has 7 rings (SSSR count). The lowest BCUT2D eigenvalue weighted by Crippen LogP contribution is -2.29. The Labute approximate surface area is 169 Å². The van der Waals surface area contributed by atoms with Crippen LogP contribution in [0.4, 0.5) is 0 Å². The van der Waals surface area contributed by atoms with Crippen LogP contribution in [0.1, 0.15) is 48.6 Å². The van der Waals surface area contributed by atoms with E-state index in [-0.39, 0.29) is 41.6 Å². The van der Waals surface area contributed by atoms with Crippen molar-refractivity contribution in [2.24, 2.45) is 47.3 Å². The maximum atomic E-state index is 12.2. The first-order valence-electron chi connectivity index (χ1n) is 11.1. The van der Waals surface area contributed by atoms with Gasteiger partial charge in [-0.2, -0.15) is 0 Å². The van der Waals surface area contributed by atoms with Gasteiger partial charge in [0.1, 0.15) is 0 Å². The Morgan fingerprint density at radius 2 is 1.21 bits per heavy atom. The van der Waals surface area contributed by atoms with Gasteiger partial charge in [-0.15, -0.1) is 0 Å². The number of rotatable bonds is 2. The summed E-state index contributed by atoms with van der Waals surface area (Å²) < 4.78 is 10.3. The van der Waals surface area contributed by atoms with Crippen molar-refractivity contribution >= 4 is 17.9 Å². The van der Waals surface area contributed by atoms with Crippen molar-refractivity contribution in [1.82, 2.24) is 0 Å². The molecule has 0 amide bonds. The van der Waals surface area contributed by atoms with Crippen LogP contribution in [0.2, 0.25) is 0 Å². The fraction of sp³-hybridized carbons (Fsp3) is 0.625. The number of fused-ring (bicyclic) bond motifs is 10. The number of esters is 3. The van der Waals surface area contributed by atoms with Gasteiger partial charge in [-0.1, -0.05) is 24.3 Å². The summed E-state index contributed by atoms with van der Waals surface area (Å²) in [6.45, 7) is 0.613. The predicted molar refractivity (Wildman–Crippen MR) is 100 cm³/mol. The van der Waals surface area contributed by atoms with Crippen LogP contribution in [-0.4, -0.2) is 24.5 Å². The molecule has 4 bridgehead atoms. The molecule has 2 aliphatic heterocycles. The standard InChI is InChI=1S/C24H24O5/c25-22-19-12-5-14(16(7-12)18(19)9-28-22)10-1-3-11(4-2-10)15-6-13-8-17(15)21-20(13)23(26)29-24(21)27/h1-4,12-21H,5-9H2. The highest BCUT2D eigenvalue weighted by atomic mass is 16.6. The van der Waals surface area contributed by atoms with Crippen LogP contribution in [0.25, 0.3) is 0 Å². The summed E-state index contributed by atoms with van der Waals surface area (Å²) in [5, 5.41) is 0. The highest BCUT2D eigenvalue weighted by Crippen LogP contribution is 2.62. The average molecular weight is 392 g/mol. The normalized spacial score (nSPS) is 48.8. The smallest absolute Gasteiger partial charge is 0.317 e. The first-order chi connectivity index (χ1) is 14.1. The highest BCUT2D eigenvalue weighted by Gasteiger charge is 2.63. The van der Waals surface area contributed by atoms with Crippen molar-refractivity contribution < 1.29 is 23.9 Å². The number of hydrogen-bond acceptors (Lipinski definition) is 5. The summed E-state index contributed by atoms with van der Waals surface area (Å²) in [4.78, 5) is 36.1. The molecule has 150 valence electrons. The minimum Gasteiger partial charge on any atom is -0.465 e. The van der Waals surface area contributed by atoms with Crippen LogP contribution in [0.15, 0.2) is 24.3 Å². The van der Waals surface area contributed by atoms with Crippen LogP contribution in [0, 0.1) is 47.3 Å². The molecule has 10 atom stereocenters. The van der Waals surface area contributed by atoms with Crippen molar-refractivity contribution in [3.05, 3.63) is 35.4 Å². The van der Waals surface area contributed by atoms with E-state index in [2.05, 4.69) is 24.3 Å². The molecule has 5 nitrogen and oxygen atoms in total. The van der Waals surface area contributed by atoms with Crippen molar-refractivity contribution in [1.29, 1.82) is 0 Å². The summed E-state index contributed by atoms with van der Waals surface area (Å²) in [6, 6.07) is 9.04. The molecule has 1 aromatic carbocycles. The molecule has 10 unspecified atom stereocenters. The molecule has 29 heavy (non-hydrogen) atoms. The van der Waals surface area contributed by atoms with E-state index in [9.17, 15) is 14.4 Å². The third-order valence-corrected chi connectivity index (χ3v) is 9.40. The first-order valence-corrected chi connectivity index (χ1v) is 11.1. The van der Waals surface area contributed by atoms with Gasteiger partial charge < -0.3 is 9.47 Å². The molecule has 4 saturated carbocycles. The number of cyclic esters (lactones) is 3. The van der Waals surface area contributed by atoms with E-state index in [1.54, 1.807) is 0 Å². The van der Waals surface area contributed by atoms with Crippen molar-refractivity contribution in [3.63, 3.8) is 0 Å². The molecule has 4 aliphatic carbocycles. The van der Waals surface area contributed by atoms with E-state index >= 15 is 0 Å². The van der Waals surface area contributed by atoms with Gasteiger partial charge in [0.25, 0.3) is 0 Å². The quantitative estimate of drug-likeness (QED) is 0.572. The van der Waals surface area contributed by atoms with Gasteiger partial charge in [0.2, 0.25) is 0 Å². The average Bonchev–Trinajstić information content (AvgIpc) is 3.52. The van der Waals surface area contributed by atoms with E-state index in [0.29, 0.717) is 42.1 Å². The molecular weight excluding hydrogens is 368 g/mol. The zero-order chi connectivity index (χ0) is 19.4. The molecule has 2 saturated heterocycles. The predicted octanol–water partition coefficient (Wildman–Crippen LogP) is 3.04. The second kappa shape index (κ2) is 5.50. The molecule has 0 N–H and O–H groups in total. The minimum absolute atomic E-state index is 0.0369. The largest absolute Gasteiger partial charge is 0.465 e. The van der Waals surface area contributed by atoms with Crippen LogP contribution >= 0.6 is 0 Å². The highest BCUT2D eigenvalue weighted by molar-refractivity contribution is 5.97. The third-order valence-electron chi connectivity index (χ3n) is 9.40. The Morgan fingerprint density at radius 3 is 1.93 bits per heavy atom. The number of carbonyl (C=O) groups is 3. The van der Waals surface area contributed by atoms with Gasteiger partial charge >= 0.3 is 17.9 Å². The van der Waals surface area contributed by atoms with E-state index < -0.39 is 0 Å². The van der Waals surface area contributed by atoms with Crippen LogP contribution in [0.5, 0.6) is 0 Å². The number of hydrogen-bond donors (Lipinski definition) is 0. The molecule has 0 aromatic heterocycles. The van der Waals surface area contributed by atoms with Crippen LogP contribution < -0.4 is 0 Å². The van der Waals surface area contributed by atoms with Gasteiger partial charge in [0.05, 0.1) is 24.4 Å². The van der Waals surface area contributed by atoms with Gasteiger partial charge in [0, 0.05) is 5.92 Å².